The maximum atomic E-state index is 13.8. The van der Waals surface area contributed by atoms with Crippen LogP contribution >= 0.6 is 0 Å². The second-order valence-electron chi connectivity index (χ2n) is 12.0. The number of hydrogen-bond donors (Lipinski definition) is 1. The molecule has 0 unspecified atom stereocenters. The third-order valence-electron chi connectivity index (χ3n) is 8.36. The molecule has 8 nitrogen and oxygen atoms in total. The van der Waals surface area contributed by atoms with Crippen LogP contribution in [-0.2, 0) is 28.4 Å². The number of aromatic amines is 1. The van der Waals surface area contributed by atoms with Crippen LogP contribution in [0.4, 0.5) is 19.0 Å². The Kier molecular flexibility index (Phi) is 7.77. The Bertz CT molecular complexity index is 1520. The monoisotopic (exact) mass is 586 g/mol. The van der Waals surface area contributed by atoms with Crippen LogP contribution in [0.3, 0.4) is 0 Å². The fourth-order valence-electron chi connectivity index (χ4n) is 4.77. The van der Waals surface area contributed by atoms with Crippen molar-refractivity contribution in [3.05, 3.63) is 64.6 Å². The van der Waals surface area contributed by atoms with E-state index in [-0.39, 0.29) is 23.6 Å². The number of alkyl halides is 3. The number of benzene rings is 1. The smallest absolute Gasteiger partial charge is 0.411 e. The molecule has 0 atom stereocenters. The average Bonchev–Trinajstić information content (AvgIpc) is 3.56. The lowest BCUT2D eigenvalue weighted by atomic mass is 9.98. The molecule has 220 valence electrons. The second kappa shape index (κ2) is 10.9. The molecule has 1 fully saturated rings. The van der Waals surface area contributed by atoms with Crippen LogP contribution in [0.5, 0.6) is 0 Å². The summed E-state index contributed by atoms with van der Waals surface area (Å²) in [4.78, 5) is 7.17. The van der Waals surface area contributed by atoms with Crippen LogP contribution in [0.2, 0.25) is 18.1 Å². The van der Waals surface area contributed by atoms with Crippen LogP contribution in [0.15, 0.2) is 36.5 Å². The number of morpholine rings is 1. The molecule has 0 spiro atoms. The maximum Gasteiger partial charge on any atom is 0.416 e. The highest BCUT2D eigenvalue weighted by Crippen LogP contribution is 2.38. The predicted molar refractivity (Wildman–Crippen MR) is 155 cm³/mol. The normalized spacial score (nSPS) is 15.2. The first-order valence-corrected chi connectivity index (χ1v) is 16.7. The van der Waals surface area contributed by atoms with E-state index in [9.17, 15) is 13.2 Å². The minimum absolute atomic E-state index is 0.0211. The van der Waals surface area contributed by atoms with E-state index >= 15 is 0 Å². The minimum atomic E-state index is -4.44. The van der Waals surface area contributed by atoms with Gasteiger partial charge in [0.2, 0.25) is 0 Å². The number of H-pyrrole nitrogens is 1. The van der Waals surface area contributed by atoms with E-state index in [1.165, 1.54) is 13.0 Å². The summed E-state index contributed by atoms with van der Waals surface area (Å²) in [6.45, 7) is 15.1. The molecule has 4 aromatic rings. The number of rotatable bonds is 7. The summed E-state index contributed by atoms with van der Waals surface area (Å²) in [7, 11) is -2.16. The van der Waals surface area contributed by atoms with Crippen molar-refractivity contribution in [2.75, 3.05) is 31.2 Å². The quantitative estimate of drug-likeness (QED) is 0.253. The van der Waals surface area contributed by atoms with Crippen molar-refractivity contribution in [3.8, 4) is 11.3 Å². The molecule has 41 heavy (non-hydrogen) atoms. The van der Waals surface area contributed by atoms with Gasteiger partial charge < -0.3 is 14.1 Å². The molecule has 1 aromatic carbocycles. The molecular formula is C29H37F3N6O2Si. The summed E-state index contributed by atoms with van der Waals surface area (Å²) in [6.07, 6.45) is -2.55. The summed E-state index contributed by atoms with van der Waals surface area (Å²) < 4.78 is 55.3. The highest BCUT2D eigenvalue weighted by atomic mass is 28.4. The predicted octanol–water partition coefficient (Wildman–Crippen LogP) is 6.40. The van der Waals surface area contributed by atoms with Crippen LogP contribution in [0.25, 0.3) is 16.9 Å². The number of fused-ring (bicyclic) bond motifs is 1. The molecule has 1 aliphatic rings. The zero-order chi connectivity index (χ0) is 29.6. The summed E-state index contributed by atoms with van der Waals surface area (Å²) in [5.41, 5.74) is 3.68. The van der Waals surface area contributed by atoms with Gasteiger partial charge in [0.1, 0.15) is 0 Å². The first kappa shape index (κ1) is 29.3. The third-order valence-corrected chi connectivity index (χ3v) is 12.8. The van der Waals surface area contributed by atoms with Gasteiger partial charge in [0.15, 0.2) is 19.8 Å². The fraction of sp³-hybridized carbons (Fsp3) is 0.483. The lowest BCUT2D eigenvalue weighted by Crippen LogP contribution is -2.40. The van der Waals surface area contributed by atoms with Crippen LogP contribution in [-0.4, -0.2) is 59.4 Å². The van der Waals surface area contributed by atoms with E-state index in [4.69, 9.17) is 19.2 Å². The number of halogens is 3. The zero-order valence-corrected chi connectivity index (χ0v) is 25.4. The maximum absolute atomic E-state index is 13.8. The number of ether oxygens (including phenoxy) is 1. The van der Waals surface area contributed by atoms with E-state index in [0.717, 1.165) is 23.1 Å². The molecule has 0 bridgehead atoms. The lowest BCUT2D eigenvalue weighted by molar-refractivity contribution is -0.138. The van der Waals surface area contributed by atoms with E-state index in [2.05, 4.69) is 49.0 Å². The van der Waals surface area contributed by atoms with Gasteiger partial charge in [-0.15, -0.1) is 5.10 Å². The van der Waals surface area contributed by atoms with Crippen LogP contribution in [0, 0.1) is 6.92 Å². The van der Waals surface area contributed by atoms with Crippen molar-refractivity contribution in [2.45, 2.75) is 65.0 Å². The SMILES string of the molecule is Cc1c(Cc2c(CO[Si](C)(C)C(C)(C)C)nc3c(-c4ccn[nH]4)cc(N4CCOCC4)nn23)cccc1C(F)(F)F. The Morgan fingerprint density at radius 2 is 1.83 bits per heavy atom. The molecular weight excluding hydrogens is 549 g/mol. The summed E-state index contributed by atoms with van der Waals surface area (Å²) >= 11 is 0. The molecule has 0 amide bonds. The zero-order valence-electron chi connectivity index (χ0n) is 24.4. The molecule has 0 radical (unpaired) electrons. The number of imidazole rings is 1. The Labute approximate surface area is 239 Å². The van der Waals surface area contributed by atoms with Crippen molar-refractivity contribution in [3.63, 3.8) is 0 Å². The van der Waals surface area contributed by atoms with Crippen molar-refractivity contribution < 1.29 is 22.3 Å². The molecule has 12 heteroatoms. The van der Waals surface area contributed by atoms with Gasteiger partial charge in [-0.2, -0.15) is 18.3 Å². The number of anilines is 1. The Morgan fingerprint density at radius 1 is 1.10 bits per heavy atom. The number of aromatic nitrogens is 5. The van der Waals surface area contributed by atoms with Gasteiger partial charge in [-0.3, -0.25) is 5.10 Å². The third kappa shape index (κ3) is 5.91. The minimum Gasteiger partial charge on any atom is -0.411 e. The Balaban J connectivity index is 1.69. The second-order valence-corrected chi connectivity index (χ2v) is 16.8. The largest absolute Gasteiger partial charge is 0.416 e. The number of hydrogen-bond acceptors (Lipinski definition) is 6. The molecule has 0 aliphatic carbocycles. The Hall–Kier alpha value is -3.22. The number of nitrogens with zero attached hydrogens (tertiary/aromatic N) is 5. The van der Waals surface area contributed by atoms with Crippen LogP contribution in [0.1, 0.15) is 48.8 Å². The molecule has 3 aromatic heterocycles. The molecule has 1 aliphatic heterocycles. The van der Waals surface area contributed by atoms with Crippen molar-refractivity contribution in [1.29, 1.82) is 0 Å². The summed E-state index contributed by atoms with van der Waals surface area (Å²) in [6, 6.07) is 8.18. The highest BCUT2D eigenvalue weighted by Gasteiger charge is 2.38. The Morgan fingerprint density at radius 3 is 2.46 bits per heavy atom. The van der Waals surface area contributed by atoms with Gasteiger partial charge in [0.05, 0.1) is 42.5 Å². The van der Waals surface area contributed by atoms with Gasteiger partial charge in [-0.25, -0.2) is 9.50 Å². The van der Waals surface area contributed by atoms with E-state index < -0.39 is 20.1 Å². The van der Waals surface area contributed by atoms with Gasteiger partial charge >= 0.3 is 6.18 Å². The van der Waals surface area contributed by atoms with E-state index in [1.807, 2.05) is 12.1 Å². The van der Waals surface area contributed by atoms with Gasteiger partial charge in [0, 0.05) is 31.3 Å². The van der Waals surface area contributed by atoms with E-state index in [1.54, 1.807) is 16.8 Å². The molecule has 5 rings (SSSR count). The van der Waals surface area contributed by atoms with Gasteiger partial charge in [-0.1, -0.05) is 32.9 Å². The van der Waals surface area contributed by atoms with Crippen molar-refractivity contribution in [1.82, 2.24) is 24.8 Å². The van der Waals surface area contributed by atoms with Gasteiger partial charge in [0.25, 0.3) is 0 Å². The lowest BCUT2D eigenvalue weighted by Gasteiger charge is -2.36. The van der Waals surface area contributed by atoms with E-state index in [0.29, 0.717) is 48.9 Å². The van der Waals surface area contributed by atoms with Gasteiger partial charge in [-0.05, 0) is 54.4 Å². The summed E-state index contributed by atoms with van der Waals surface area (Å²) in [5, 5.41) is 12.2. The molecule has 4 heterocycles. The summed E-state index contributed by atoms with van der Waals surface area (Å²) in [5.74, 6) is 0.738. The molecule has 1 N–H and O–H groups in total. The molecule has 1 saturated heterocycles. The number of nitrogens with one attached hydrogen (secondary N) is 1. The fourth-order valence-corrected chi connectivity index (χ4v) is 5.70. The van der Waals surface area contributed by atoms with Crippen molar-refractivity contribution in [2.24, 2.45) is 0 Å². The highest BCUT2D eigenvalue weighted by molar-refractivity contribution is 6.74. The molecule has 0 saturated carbocycles. The standard InChI is InChI=1S/C29H37F3N6O2Si/c1-19-20(8-7-9-22(19)29(30,31)32)16-25-24(18-40-41(5,6)28(2,3)4)34-27-21(23-10-11-33-35-23)17-26(36-38(25)27)37-12-14-39-15-13-37/h7-11,17H,12-16,18H2,1-6H3,(H,33,35). The first-order valence-electron chi connectivity index (χ1n) is 13.8. The topological polar surface area (TPSA) is 80.6 Å². The first-order chi connectivity index (χ1) is 19.3. The van der Waals surface area contributed by atoms with Crippen LogP contribution < -0.4 is 4.90 Å². The van der Waals surface area contributed by atoms with Crippen molar-refractivity contribution >= 4 is 19.8 Å². The average molecular weight is 587 g/mol.